The van der Waals surface area contributed by atoms with Crippen molar-refractivity contribution in [2.24, 2.45) is 5.41 Å². The second kappa shape index (κ2) is 3.97. The van der Waals surface area contributed by atoms with Gasteiger partial charge in [-0.1, -0.05) is 13.8 Å². The molecule has 0 saturated heterocycles. The van der Waals surface area contributed by atoms with Gasteiger partial charge in [-0.3, -0.25) is 10.1 Å². The van der Waals surface area contributed by atoms with Crippen molar-refractivity contribution in [2.75, 3.05) is 5.32 Å². The molecule has 0 radical (unpaired) electrons. The van der Waals surface area contributed by atoms with Crippen molar-refractivity contribution in [3.63, 3.8) is 0 Å². The normalized spacial score (nSPS) is 20.2. The van der Waals surface area contributed by atoms with Crippen LogP contribution in [-0.2, 0) is 0 Å². The summed E-state index contributed by atoms with van der Waals surface area (Å²) in [5.74, 6) is -1.17. The summed E-state index contributed by atoms with van der Waals surface area (Å²) in [4.78, 5) is 21.1. The van der Waals surface area contributed by atoms with E-state index in [4.69, 9.17) is 5.11 Å². The van der Waals surface area contributed by atoms with E-state index in [1.807, 2.05) is 0 Å². The van der Waals surface area contributed by atoms with Crippen molar-refractivity contribution in [2.45, 2.75) is 26.3 Å². The van der Waals surface area contributed by atoms with Gasteiger partial charge in [0.1, 0.15) is 0 Å². The summed E-state index contributed by atoms with van der Waals surface area (Å²) in [5, 5.41) is 22.8. The zero-order valence-electron chi connectivity index (χ0n) is 10.1. The molecule has 6 nitrogen and oxygen atoms in total. The second-order valence-electron chi connectivity index (χ2n) is 5.18. The Labute approximate surface area is 104 Å². The first-order chi connectivity index (χ1) is 8.31. The molecule has 2 N–H and O–H groups in total. The SMILES string of the molecule is CC1(C)CC1Nc1ccc([N+](=O)[O-])cc1C(=O)O. The molecular formula is C12H14N2O4. The number of hydrogen-bond acceptors (Lipinski definition) is 4. The number of aromatic carboxylic acids is 1. The van der Waals surface area contributed by atoms with Crippen molar-refractivity contribution in [3.8, 4) is 0 Å². The zero-order chi connectivity index (χ0) is 13.5. The fourth-order valence-electron chi connectivity index (χ4n) is 1.85. The smallest absolute Gasteiger partial charge is 0.338 e. The Morgan fingerprint density at radius 3 is 2.61 bits per heavy atom. The summed E-state index contributed by atoms with van der Waals surface area (Å²) in [6.07, 6.45) is 0.961. The molecule has 0 aromatic heterocycles. The van der Waals surface area contributed by atoms with Gasteiger partial charge in [-0.25, -0.2) is 4.79 Å². The number of nitrogens with zero attached hydrogens (tertiary/aromatic N) is 1. The molecule has 0 spiro atoms. The van der Waals surface area contributed by atoms with E-state index in [1.54, 1.807) is 0 Å². The quantitative estimate of drug-likeness (QED) is 0.632. The van der Waals surface area contributed by atoms with Gasteiger partial charge in [-0.2, -0.15) is 0 Å². The average molecular weight is 250 g/mol. The highest BCUT2D eigenvalue weighted by Gasteiger charge is 2.46. The van der Waals surface area contributed by atoms with Gasteiger partial charge < -0.3 is 10.4 Å². The van der Waals surface area contributed by atoms with Crippen LogP contribution < -0.4 is 5.32 Å². The minimum Gasteiger partial charge on any atom is -0.478 e. The van der Waals surface area contributed by atoms with Gasteiger partial charge in [0.25, 0.3) is 5.69 Å². The molecule has 96 valence electrons. The summed E-state index contributed by atoms with van der Waals surface area (Å²) >= 11 is 0. The van der Waals surface area contributed by atoms with Crippen LogP contribution in [0.1, 0.15) is 30.6 Å². The van der Waals surface area contributed by atoms with Crippen molar-refractivity contribution in [1.82, 2.24) is 0 Å². The Morgan fingerprint density at radius 1 is 1.56 bits per heavy atom. The molecule has 0 aliphatic heterocycles. The van der Waals surface area contributed by atoms with Crippen molar-refractivity contribution < 1.29 is 14.8 Å². The highest BCUT2D eigenvalue weighted by molar-refractivity contribution is 5.95. The maximum absolute atomic E-state index is 11.1. The molecular weight excluding hydrogens is 236 g/mol. The lowest BCUT2D eigenvalue weighted by atomic mass is 10.1. The van der Waals surface area contributed by atoms with Gasteiger partial charge >= 0.3 is 5.97 Å². The standard InChI is InChI=1S/C12H14N2O4/c1-12(2)6-10(12)13-9-4-3-7(14(17)18)5-8(9)11(15)16/h3-5,10,13H,6H2,1-2H3,(H,15,16). The summed E-state index contributed by atoms with van der Waals surface area (Å²) in [7, 11) is 0. The molecule has 18 heavy (non-hydrogen) atoms. The summed E-state index contributed by atoms with van der Waals surface area (Å²) in [6, 6.07) is 4.07. The lowest BCUT2D eigenvalue weighted by molar-refractivity contribution is -0.384. The minimum absolute atomic E-state index is 0.0631. The number of rotatable bonds is 4. The van der Waals surface area contributed by atoms with Crippen LogP contribution >= 0.6 is 0 Å². The summed E-state index contributed by atoms with van der Waals surface area (Å²) in [5.41, 5.74) is 0.306. The van der Waals surface area contributed by atoms with Crippen LogP contribution in [0.4, 0.5) is 11.4 Å². The Kier molecular flexibility index (Phi) is 2.73. The third-order valence-electron chi connectivity index (χ3n) is 3.29. The highest BCUT2D eigenvalue weighted by atomic mass is 16.6. The molecule has 1 atom stereocenters. The number of hydrogen-bond donors (Lipinski definition) is 2. The number of carboxylic acids is 1. The first-order valence-electron chi connectivity index (χ1n) is 5.59. The Bertz CT molecular complexity index is 525. The van der Waals surface area contributed by atoms with Crippen LogP contribution in [0.15, 0.2) is 18.2 Å². The van der Waals surface area contributed by atoms with Gasteiger partial charge in [0.15, 0.2) is 0 Å². The number of nitro groups is 1. The Morgan fingerprint density at radius 2 is 2.17 bits per heavy atom. The molecule has 1 saturated carbocycles. The summed E-state index contributed by atoms with van der Waals surface area (Å²) < 4.78 is 0. The van der Waals surface area contributed by atoms with Crippen LogP contribution in [-0.4, -0.2) is 22.0 Å². The number of benzene rings is 1. The minimum atomic E-state index is -1.17. The molecule has 1 aliphatic carbocycles. The van der Waals surface area contributed by atoms with Gasteiger partial charge in [0.2, 0.25) is 0 Å². The number of nitro benzene ring substituents is 1. The third-order valence-corrected chi connectivity index (χ3v) is 3.29. The first-order valence-corrected chi connectivity index (χ1v) is 5.59. The predicted octanol–water partition coefficient (Wildman–Crippen LogP) is 2.50. The number of anilines is 1. The molecule has 1 aromatic carbocycles. The van der Waals surface area contributed by atoms with E-state index in [0.29, 0.717) is 5.69 Å². The van der Waals surface area contributed by atoms with E-state index in [-0.39, 0.29) is 22.7 Å². The first kappa shape index (κ1) is 12.3. The predicted molar refractivity (Wildman–Crippen MR) is 65.9 cm³/mol. The number of non-ortho nitro benzene ring substituents is 1. The molecule has 1 fully saturated rings. The fourth-order valence-corrected chi connectivity index (χ4v) is 1.85. The highest BCUT2D eigenvalue weighted by Crippen LogP contribution is 2.47. The van der Waals surface area contributed by atoms with Gasteiger partial charge in [0, 0.05) is 23.9 Å². The van der Waals surface area contributed by atoms with E-state index < -0.39 is 10.9 Å². The Balaban J connectivity index is 2.29. The van der Waals surface area contributed by atoms with Crippen LogP contribution in [0.2, 0.25) is 0 Å². The fraction of sp³-hybridized carbons (Fsp3) is 0.417. The van der Waals surface area contributed by atoms with Crippen molar-refractivity contribution in [1.29, 1.82) is 0 Å². The van der Waals surface area contributed by atoms with Gasteiger partial charge in [-0.05, 0) is 17.9 Å². The maximum Gasteiger partial charge on any atom is 0.338 e. The van der Waals surface area contributed by atoms with Crippen LogP contribution in [0.5, 0.6) is 0 Å². The monoisotopic (exact) mass is 250 g/mol. The van der Waals surface area contributed by atoms with Crippen LogP contribution in [0.3, 0.4) is 0 Å². The molecule has 1 unspecified atom stereocenters. The number of carbonyl (C=O) groups is 1. The average Bonchev–Trinajstić information content (AvgIpc) is 2.85. The largest absolute Gasteiger partial charge is 0.478 e. The van der Waals surface area contributed by atoms with E-state index in [0.717, 1.165) is 12.5 Å². The zero-order valence-corrected chi connectivity index (χ0v) is 10.1. The molecule has 0 bridgehead atoms. The molecule has 0 heterocycles. The van der Waals surface area contributed by atoms with E-state index in [9.17, 15) is 14.9 Å². The van der Waals surface area contributed by atoms with E-state index in [1.165, 1.54) is 12.1 Å². The lowest BCUT2D eigenvalue weighted by Crippen LogP contribution is -2.12. The number of carboxylic acid groups (broad SMARTS) is 1. The second-order valence-corrected chi connectivity index (χ2v) is 5.18. The lowest BCUT2D eigenvalue weighted by Gasteiger charge is -2.10. The van der Waals surface area contributed by atoms with Crippen LogP contribution in [0, 0.1) is 15.5 Å². The maximum atomic E-state index is 11.1. The van der Waals surface area contributed by atoms with Crippen molar-refractivity contribution >= 4 is 17.3 Å². The molecule has 0 amide bonds. The van der Waals surface area contributed by atoms with E-state index >= 15 is 0 Å². The molecule has 2 rings (SSSR count). The van der Waals surface area contributed by atoms with Gasteiger partial charge in [0.05, 0.1) is 10.5 Å². The molecule has 1 aliphatic rings. The number of nitrogens with one attached hydrogen (secondary N) is 1. The molecule has 1 aromatic rings. The Hall–Kier alpha value is -2.11. The topological polar surface area (TPSA) is 92.5 Å². The van der Waals surface area contributed by atoms with Crippen LogP contribution in [0.25, 0.3) is 0 Å². The molecule has 6 heteroatoms. The summed E-state index contributed by atoms with van der Waals surface area (Å²) in [6.45, 7) is 4.16. The van der Waals surface area contributed by atoms with Crippen molar-refractivity contribution in [3.05, 3.63) is 33.9 Å². The van der Waals surface area contributed by atoms with Gasteiger partial charge in [-0.15, -0.1) is 0 Å². The third kappa shape index (κ3) is 2.27. The van der Waals surface area contributed by atoms with E-state index in [2.05, 4.69) is 19.2 Å².